The van der Waals surface area contributed by atoms with E-state index in [9.17, 15) is 9.59 Å². The highest BCUT2D eigenvalue weighted by Crippen LogP contribution is 2.30. The largest absolute Gasteiger partial charge is 0.355 e. The van der Waals surface area contributed by atoms with Crippen LogP contribution in [0.3, 0.4) is 0 Å². The minimum Gasteiger partial charge on any atom is -0.355 e. The Morgan fingerprint density at radius 1 is 0.963 bits per heavy atom. The van der Waals surface area contributed by atoms with E-state index in [4.69, 9.17) is 0 Å². The van der Waals surface area contributed by atoms with E-state index in [0.717, 1.165) is 24.2 Å². The minimum absolute atomic E-state index is 0.0274. The van der Waals surface area contributed by atoms with Crippen molar-refractivity contribution < 1.29 is 9.59 Å². The molecule has 0 aliphatic heterocycles. The van der Waals surface area contributed by atoms with Crippen molar-refractivity contribution in [2.45, 2.75) is 32.0 Å². The molecule has 5 nitrogen and oxygen atoms in total. The second-order valence-electron chi connectivity index (χ2n) is 7.31. The van der Waals surface area contributed by atoms with Crippen molar-refractivity contribution in [2.24, 2.45) is 0 Å². The van der Waals surface area contributed by atoms with Crippen LogP contribution in [0.15, 0.2) is 48.5 Å². The van der Waals surface area contributed by atoms with E-state index in [1.165, 1.54) is 18.4 Å². The van der Waals surface area contributed by atoms with Crippen LogP contribution in [0.25, 0.3) is 0 Å². The minimum atomic E-state index is -0.0667. The summed E-state index contributed by atoms with van der Waals surface area (Å²) in [6.07, 6.45) is 2.43. The Balaban J connectivity index is 1.71. The maximum Gasteiger partial charge on any atom is 0.253 e. The quantitative estimate of drug-likeness (QED) is 0.821. The van der Waals surface area contributed by atoms with Gasteiger partial charge in [0.05, 0.1) is 0 Å². The Kier molecular flexibility index (Phi) is 5.91. The summed E-state index contributed by atoms with van der Waals surface area (Å²) in [7, 11) is 5.18. The maximum atomic E-state index is 12.2. The van der Waals surface area contributed by atoms with Gasteiger partial charge in [-0.2, -0.15) is 0 Å². The van der Waals surface area contributed by atoms with Crippen LogP contribution in [0.4, 0.5) is 0 Å². The van der Waals surface area contributed by atoms with Gasteiger partial charge in [-0.25, -0.2) is 0 Å². The fraction of sp³-hybridized carbons (Fsp3) is 0.364. The van der Waals surface area contributed by atoms with Crippen molar-refractivity contribution in [1.29, 1.82) is 0 Å². The molecular weight excluding hydrogens is 338 g/mol. The average Bonchev–Trinajstić information content (AvgIpc) is 3.52. The van der Waals surface area contributed by atoms with E-state index in [2.05, 4.69) is 16.3 Å². The smallest absolute Gasteiger partial charge is 0.253 e. The lowest BCUT2D eigenvalue weighted by molar-refractivity contribution is 0.0827. The molecule has 1 aliphatic carbocycles. The van der Waals surface area contributed by atoms with E-state index in [-0.39, 0.29) is 11.8 Å². The van der Waals surface area contributed by atoms with Gasteiger partial charge in [0.1, 0.15) is 0 Å². The van der Waals surface area contributed by atoms with Gasteiger partial charge >= 0.3 is 0 Å². The number of hydrogen-bond donors (Lipinski definition) is 1. The van der Waals surface area contributed by atoms with E-state index >= 15 is 0 Å². The Morgan fingerprint density at radius 2 is 1.63 bits per heavy atom. The summed E-state index contributed by atoms with van der Waals surface area (Å²) in [5, 5.41) is 2.64. The number of rotatable bonds is 7. The van der Waals surface area contributed by atoms with Crippen LogP contribution in [-0.4, -0.2) is 48.8 Å². The molecule has 2 aromatic rings. The molecule has 5 heteroatoms. The topological polar surface area (TPSA) is 52.7 Å². The third-order valence-electron chi connectivity index (χ3n) is 4.86. The summed E-state index contributed by atoms with van der Waals surface area (Å²) in [6, 6.07) is 16.3. The summed E-state index contributed by atoms with van der Waals surface area (Å²) in [4.78, 5) is 28.0. The third kappa shape index (κ3) is 4.95. The monoisotopic (exact) mass is 365 g/mol. The van der Waals surface area contributed by atoms with E-state index in [1.54, 1.807) is 26.0 Å². The van der Waals surface area contributed by atoms with Crippen LogP contribution >= 0.6 is 0 Å². The standard InChI is InChI=1S/C22H27N3O2/c1-23-21(26)18-9-7-16(8-10-18)14-25(20-11-12-20)15-17-5-4-6-19(13-17)22(27)24(2)3/h4-10,13,20H,11-12,14-15H2,1-3H3,(H,23,26). The van der Waals surface area contributed by atoms with Crippen LogP contribution in [0.1, 0.15) is 44.7 Å². The number of benzene rings is 2. The predicted molar refractivity (Wildman–Crippen MR) is 107 cm³/mol. The molecule has 1 fully saturated rings. The molecule has 142 valence electrons. The van der Waals surface area contributed by atoms with Crippen LogP contribution in [-0.2, 0) is 13.1 Å². The highest BCUT2D eigenvalue weighted by molar-refractivity contribution is 5.94. The van der Waals surface area contributed by atoms with Gasteiger partial charge in [-0.1, -0.05) is 24.3 Å². The Morgan fingerprint density at radius 3 is 2.22 bits per heavy atom. The Hall–Kier alpha value is -2.66. The highest BCUT2D eigenvalue weighted by Gasteiger charge is 2.29. The van der Waals surface area contributed by atoms with Gasteiger partial charge in [0, 0.05) is 51.4 Å². The predicted octanol–water partition coefficient (Wildman–Crippen LogP) is 2.91. The molecule has 1 aliphatic rings. The SMILES string of the molecule is CNC(=O)c1ccc(CN(Cc2cccc(C(=O)N(C)C)c2)C2CC2)cc1. The first-order valence-electron chi connectivity index (χ1n) is 9.33. The molecule has 3 rings (SSSR count). The molecule has 1 saturated carbocycles. The van der Waals surface area contributed by atoms with Crippen LogP contribution < -0.4 is 5.32 Å². The molecular formula is C22H27N3O2. The number of nitrogens with one attached hydrogen (secondary N) is 1. The second kappa shape index (κ2) is 8.35. The lowest BCUT2D eigenvalue weighted by Gasteiger charge is -2.23. The summed E-state index contributed by atoms with van der Waals surface area (Å²) in [6.45, 7) is 1.65. The molecule has 0 spiro atoms. The Bertz CT molecular complexity index is 811. The fourth-order valence-electron chi connectivity index (χ4n) is 3.19. The lowest BCUT2D eigenvalue weighted by Crippen LogP contribution is -2.26. The molecule has 0 aromatic heterocycles. The average molecular weight is 365 g/mol. The zero-order valence-corrected chi connectivity index (χ0v) is 16.2. The molecule has 0 radical (unpaired) electrons. The van der Waals surface area contributed by atoms with Crippen LogP contribution in [0.5, 0.6) is 0 Å². The summed E-state index contributed by atoms with van der Waals surface area (Å²) in [5.74, 6) is -0.0393. The van der Waals surface area contributed by atoms with Crippen molar-refractivity contribution in [3.05, 3.63) is 70.8 Å². The van der Waals surface area contributed by atoms with Gasteiger partial charge in [0.15, 0.2) is 0 Å². The molecule has 0 bridgehead atoms. The maximum absolute atomic E-state index is 12.2. The number of carbonyl (C=O) groups is 2. The van der Waals surface area contributed by atoms with Gasteiger partial charge in [-0.3, -0.25) is 14.5 Å². The number of nitrogens with zero attached hydrogens (tertiary/aromatic N) is 2. The van der Waals surface area contributed by atoms with Crippen molar-refractivity contribution in [1.82, 2.24) is 15.1 Å². The van der Waals surface area contributed by atoms with E-state index < -0.39 is 0 Å². The molecule has 2 amide bonds. The van der Waals surface area contributed by atoms with E-state index in [0.29, 0.717) is 11.6 Å². The van der Waals surface area contributed by atoms with Gasteiger partial charge in [-0.15, -0.1) is 0 Å². The second-order valence-corrected chi connectivity index (χ2v) is 7.31. The molecule has 0 unspecified atom stereocenters. The molecule has 2 aromatic carbocycles. The van der Waals surface area contributed by atoms with Crippen LogP contribution in [0, 0.1) is 0 Å². The first-order chi connectivity index (χ1) is 13.0. The number of hydrogen-bond acceptors (Lipinski definition) is 3. The molecule has 0 atom stereocenters. The summed E-state index contributed by atoms with van der Waals surface area (Å²) < 4.78 is 0. The molecule has 1 N–H and O–H groups in total. The molecule has 27 heavy (non-hydrogen) atoms. The summed E-state index contributed by atoms with van der Waals surface area (Å²) in [5.41, 5.74) is 3.74. The van der Waals surface area contributed by atoms with Gasteiger partial charge in [-0.05, 0) is 48.2 Å². The summed E-state index contributed by atoms with van der Waals surface area (Å²) >= 11 is 0. The zero-order valence-electron chi connectivity index (χ0n) is 16.2. The molecule has 0 heterocycles. The lowest BCUT2D eigenvalue weighted by atomic mass is 10.1. The van der Waals surface area contributed by atoms with E-state index in [1.807, 2.05) is 42.5 Å². The van der Waals surface area contributed by atoms with Crippen molar-refractivity contribution in [3.63, 3.8) is 0 Å². The van der Waals surface area contributed by atoms with Crippen LogP contribution in [0.2, 0.25) is 0 Å². The van der Waals surface area contributed by atoms with Gasteiger partial charge in [0.25, 0.3) is 11.8 Å². The van der Waals surface area contributed by atoms with Gasteiger partial charge < -0.3 is 10.2 Å². The fourth-order valence-corrected chi connectivity index (χ4v) is 3.19. The van der Waals surface area contributed by atoms with Crippen molar-refractivity contribution in [3.8, 4) is 0 Å². The first-order valence-corrected chi connectivity index (χ1v) is 9.33. The van der Waals surface area contributed by atoms with Crippen molar-refractivity contribution in [2.75, 3.05) is 21.1 Å². The normalized spacial score (nSPS) is 13.5. The Labute approximate surface area is 161 Å². The first kappa shape index (κ1) is 19.1. The van der Waals surface area contributed by atoms with Gasteiger partial charge in [0.2, 0.25) is 0 Å². The third-order valence-corrected chi connectivity index (χ3v) is 4.86. The zero-order chi connectivity index (χ0) is 19.4. The highest BCUT2D eigenvalue weighted by atomic mass is 16.2. The molecule has 0 saturated heterocycles. The number of amides is 2. The van der Waals surface area contributed by atoms with Crippen molar-refractivity contribution >= 4 is 11.8 Å². The number of carbonyl (C=O) groups excluding carboxylic acids is 2.